The highest BCUT2D eigenvalue weighted by Gasteiger charge is 2.20. The van der Waals surface area contributed by atoms with E-state index in [-0.39, 0.29) is 6.04 Å². The predicted molar refractivity (Wildman–Crippen MR) is 93.4 cm³/mol. The van der Waals surface area contributed by atoms with Gasteiger partial charge < -0.3 is 10.1 Å². The van der Waals surface area contributed by atoms with Crippen LogP contribution in [0.3, 0.4) is 0 Å². The molecule has 0 amide bonds. The van der Waals surface area contributed by atoms with Crippen LogP contribution in [0.25, 0.3) is 0 Å². The monoisotopic (exact) mass is 362 g/mol. The fourth-order valence-corrected chi connectivity index (χ4v) is 3.51. The first-order valence-electron chi connectivity index (χ1n) is 6.62. The van der Waals surface area contributed by atoms with Gasteiger partial charge in [0.2, 0.25) is 0 Å². The highest BCUT2D eigenvalue weighted by Crippen LogP contribution is 2.33. The van der Waals surface area contributed by atoms with Crippen LogP contribution in [0.15, 0.2) is 58.0 Å². The first-order valence-corrected chi connectivity index (χ1v) is 8.40. The number of halogens is 1. The highest BCUT2D eigenvalue weighted by molar-refractivity contribution is 9.10. The van der Waals surface area contributed by atoms with E-state index < -0.39 is 0 Å². The average molecular weight is 363 g/mol. The fourth-order valence-electron chi connectivity index (χ4n) is 2.18. The molecule has 21 heavy (non-hydrogen) atoms. The van der Waals surface area contributed by atoms with E-state index in [1.807, 2.05) is 24.3 Å². The number of amidine groups is 1. The molecule has 0 fully saturated rings. The van der Waals surface area contributed by atoms with E-state index in [4.69, 9.17) is 9.73 Å². The summed E-state index contributed by atoms with van der Waals surface area (Å²) in [5, 5.41) is 4.29. The molecule has 0 aliphatic carbocycles. The molecule has 2 aromatic carbocycles. The lowest BCUT2D eigenvalue weighted by Crippen LogP contribution is -2.06. The van der Waals surface area contributed by atoms with Gasteiger partial charge >= 0.3 is 0 Å². The minimum absolute atomic E-state index is 0.219. The van der Waals surface area contributed by atoms with E-state index in [0.29, 0.717) is 0 Å². The van der Waals surface area contributed by atoms with Crippen molar-refractivity contribution in [3.63, 3.8) is 0 Å². The summed E-state index contributed by atoms with van der Waals surface area (Å²) in [6.07, 6.45) is 0. The molecule has 2 aromatic rings. The molecule has 0 radical (unpaired) electrons. The molecule has 0 spiro atoms. The van der Waals surface area contributed by atoms with Gasteiger partial charge in [-0.05, 0) is 23.8 Å². The SMILES string of the molecule is COc1ccc(Br)cc1NC1=NC(c2ccccc2)CS1. The molecule has 1 N–H and O–H groups in total. The lowest BCUT2D eigenvalue weighted by Gasteiger charge is -2.10. The molecular weight excluding hydrogens is 348 g/mol. The summed E-state index contributed by atoms with van der Waals surface area (Å²) in [6, 6.07) is 16.5. The fraction of sp³-hybridized carbons (Fsp3) is 0.188. The van der Waals surface area contributed by atoms with Crippen molar-refractivity contribution in [1.29, 1.82) is 0 Å². The second kappa shape index (κ2) is 6.54. The van der Waals surface area contributed by atoms with E-state index in [2.05, 4.69) is 45.5 Å². The summed E-state index contributed by atoms with van der Waals surface area (Å²) < 4.78 is 6.38. The number of anilines is 1. The number of benzene rings is 2. The minimum atomic E-state index is 0.219. The van der Waals surface area contributed by atoms with E-state index in [1.54, 1.807) is 18.9 Å². The standard InChI is InChI=1S/C16H15BrN2OS/c1-20-15-8-7-12(17)9-13(15)18-16-19-14(10-21-16)11-5-3-2-4-6-11/h2-9,14H,10H2,1H3,(H,18,19). The van der Waals surface area contributed by atoms with Crippen LogP contribution in [0.5, 0.6) is 5.75 Å². The largest absolute Gasteiger partial charge is 0.495 e. The van der Waals surface area contributed by atoms with Crippen molar-refractivity contribution in [1.82, 2.24) is 0 Å². The maximum atomic E-state index is 5.37. The van der Waals surface area contributed by atoms with Crippen LogP contribution in [-0.4, -0.2) is 18.0 Å². The van der Waals surface area contributed by atoms with Gasteiger partial charge in [0.1, 0.15) is 5.75 Å². The molecule has 3 nitrogen and oxygen atoms in total. The van der Waals surface area contributed by atoms with Gasteiger partial charge in [0.15, 0.2) is 5.17 Å². The molecule has 1 unspecified atom stereocenters. The van der Waals surface area contributed by atoms with Crippen molar-refractivity contribution < 1.29 is 4.74 Å². The molecular formula is C16H15BrN2OS. The predicted octanol–water partition coefficient (Wildman–Crippen LogP) is 4.71. The number of hydrogen-bond donors (Lipinski definition) is 1. The molecule has 1 aliphatic rings. The Morgan fingerprint density at radius 1 is 1.24 bits per heavy atom. The molecule has 0 saturated carbocycles. The molecule has 1 atom stereocenters. The molecule has 0 aromatic heterocycles. The molecule has 1 aliphatic heterocycles. The maximum Gasteiger partial charge on any atom is 0.161 e. The third-order valence-electron chi connectivity index (χ3n) is 3.24. The Kier molecular flexibility index (Phi) is 4.51. The summed E-state index contributed by atoms with van der Waals surface area (Å²) in [6.45, 7) is 0. The Morgan fingerprint density at radius 3 is 2.81 bits per heavy atom. The van der Waals surface area contributed by atoms with Gasteiger partial charge in [-0.15, -0.1) is 0 Å². The highest BCUT2D eigenvalue weighted by atomic mass is 79.9. The van der Waals surface area contributed by atoms with Crippen LogP contribution in [-0.2, 0) is 0 Å². The third-order valence-corrected chi connectivity index (χ3v) is 4.70. The lowest BCUT2D eigenvalue weighted by atomic mass is 10.1. The smallest absolute Gasteiger partial charge is 0.161 e. The molecule has 3 rings (SSSR count). The van der Waals surface area contributed by atoms with Crippen LogP contribution in [0.1, 0.15) is 11.6 Å². The van der Waals surface area contributed by atoms with E-state index in [0.717, 1.165) is 26.8 Å². The van der Waals surface area contributed by atoms with E-state index >= 15 is 0 Å². The number of hydrogen-bond acceptors (Lipinski definition) is 4. The van der Waals surface area contributed by atoms with Gasteiger partial charge in [-0.3, -0.25) is 4.99 Å². The van der Waals surface area contributed by atoms with Gasteiger partial charge in [-0.25, -0.2) is 0 Å². The van der Waals surface area contributed by atoms with Crippen molar-refractivity contribution in [3.8, 4) is 5.75 Å². The maximum absolute atomic E-state index is 5.37. The summed E-state index contributed by atoms with van der Waals surface area (Å²) in [5.41, 5.74) is 2.18. The Labute approximate surface area is 136 Å². The first-order chi connectivity index (χ1) is 10.3. The zero-order valence-electron chi connectivity index (χ0n) is 11.5. The van der Waals surface area contributed by atoms with Crippen molar-refractivity contribution >= 4 is 38.5 Å². The zero-order chi connectivity index (χ0) is 14.7. The summed E-state index contributed by atoms with van der Waals surface area (Å²) >= 11 is 5.21. The average Bonchev–Trinajstić information content (AvgIpc) is 2.97. The van der Waals surface area contributed by atoms with Crippen molar-refractivity contribution in [3.05, 3.63) is 58.6 Å². The molecule has 108 valence electrons. The molecule has 5 heteroatoms. The minimum Gasteiger partial charge on any atom is -0.495 e. The van der Waals surface area contributed by atoms with Crippen molar-refractivity contribution in [2.24, 2.45) is 4.99 Å². The molecule has 0 saturated heterocycles. The second-order valence-corrected chi connectivity index (χ2v) is 6.57. The zero-order valence-corrected chi connectivity index (χ0v) is 13.9. The Bertz CT molecular complexity index is 661. The number of ether oxygens (including phenoxy) is 1. The first kappa shape index (κ1) is 14.5. The van der Waals surface area contributed by atoms with Gasteiger partial charge in [0, 0.05) is 10.2 Å². The normalized spacial score (nSPS) is 17.4. The number of thioether (sulfide) groups is 1. The van der Waals surface area contributed by atoms with Gasteiger partial charge in [0.25, 0.3) is 0 Å². The third kappa shape index (κ3) is 3.41. The van der Waals surface area contributed by atoms with Crippen LogP contribution < -0.4 is 10.1 Å². The summed E-state index contributed by atoms with van der Waals surface area (Å²) in [7, 11) is 1.67. The number of rotatable bonds is 3. The summed E-state index contributed by atoms with van der Waals surface area (Å²) in [5.74, 6) is 1.77. The Balaban J connectivity index is 1.79. The van der Waals surface area contributed by atoms with E-state index in [1.165, 1.54) is 5.56 Å². The quantitative estimate of drug-likeness (QED) is 0.857. The van der Waals surface area contributed by atoms with E-state index in [9.17, 15) is 0 Å². The number of nitrogens with one attached hydrogen (secondary N) is 1. The van der Waals surface area contributed by atoms with Gasteiger partial charge in [0.05, 0.1) is 18.8 Å². The van der Waals surface area contributed by atoms with Crippen molar-refractivity contribution in [2.75, 3.05) is 18.2 Å². The molecule has 1 heterocycles. The lowest BCUT2D eigenvalue weighted by molar-refractivity contribution is 0.417. The topological polar surface area (TPSA) is 33.6 Å². The molecule has 0 bridgehead atoms. The van der Waals surface area contributed by atoms with Crippen LogP contribution in [0, 0.1) is 0 Å². The Morgan fingerprint density at radius 2 is 2.05 bits per heavy atom. The number of nitrogens with zero attached hydrogens (tertiary/aromatic N) is 1. The number of aliphatic imine (C=N–C) groups is 1. The van der Waals surface area contributed by atoms with Crippen LogP contribution >= 0.6 is 27.7 Å². The van der Waals surface area contributed by atoms with Gasteiger partial charge in [-0.2, -0.15) is 0 Å². The van der Waals surface area contributed by atoms with Gasteiger partial charge in [-0.1, -0.05) is 58.0 Å². The second-order valence-electron chi connectivity index (χ2n) is 4.64. The van der Waals surface area contributed by atoms with Crippen LogP contribution in [0.4, 0.5) is 5.69 Å². The van der Waals surface area contributed by atoms with Crippen molar-refractivity contribution in [2.45, 2.75) is 6.04 Å². The number of methoxy groups -OCH3 is 1. The summed E-state index contributed by atoms with van der Waals surface area (Å²) in [4.78, 5) is 4.76. The Hall–Kier alpha value is -1.46. The van der Waals surface area contributed by atoms with Crippen LogP contribution in [0.2, 0.25) is 0 Å².